The first-order chi connectivity index (χ1) is 10.1. The second-order valence-corrected chi connectivity index (χ2v) is 5.18. The summed E-state index contributed by atoms with van der Waals surface area (Å²) in [6.45, 7) is 0.242. The smallest absolute Gasteiger partial charge is 0.305 e. The molecule has 6 nitrogen and oxygen atoms in total. The van der Waals surface area contributed by atoms with E-state index in [1.54, 1.807) is 22.8 Å². The van der Waals surface area contributed by atoms with Crippen molar-refractivity contribution in [1.29, 1.82) is 0 Å². The van der Waals surface area contributed by atoms with Gasteiger partial charge in [-0.05, 0) is 12.1 Å². The van der Waals surface area contributed by atoms with Crippen LogP contribution in [-0.4, -0.2) is 25.8 Å². The molecule has 0 radical (unpaired) electrons. The average molecular weight is 326 g/mol. The Morgan fingerprint density at radius 1 is 1.33 bits per heavy atom. The van der Waals surface area contributed by atoms with Gasteiger partial charge in [0.2, 0.25) is 0 Å². The van der Waals surface area contributed by atoms with E-state index in [4.69, 9.17) is 32.8 Å². The van der Waals surface area contributed by atoms with E-state index in [2.05, 4.69) is 10.1 Å². The minimum atomic E-state index is -0.900. The lowest BCUT2D eigenvalue weighted by atomic mass is 10.3. The molecule has 3 aromatic rings. The number of imidazole rings is 1. The number of aliphatic carboxylic acids is 1. The van der Waals surface area contributed by atoms with Gasteiger partial charge in [-0.3, -0.25) is 4.79 Å². The highest BCUT2D eigenvalue weighted by atomic mass is 35.5. The number of halogens is 2. The molecule has 3 rings (SSSR count). The number of fused-ring (bicyclic) bond motifs is 1. The van der Waals surface area contributed by atoms with Gasteiger partial charge >= 0.3 is 5.97 Å². The van der Waals surface area contributed by atoms with Gasteiger partial charge in [-0.2, -0.15) is 0 Å². The Morgan fingerprint density at radius 2 is 2.10 bits per heavy atom. The molecule has 0 amide bonds. The number of carbonyl (C=O) groups is 1. The molecule has 0 saturated heterocycles. The summed E-state index contributed by atoms with van der Waals surface area (Å²) in [5.41, 5.74) is 1.83. The SMILES string of the molecule is O=C(O)CCn1c(-c2ccon2)nc2cc(Cl)c(Cl)cc21. The van der Waals surface area contributed by atoms with E-state index in [1.165, 1.54) is 6.26 Å². The number of nitrogens with zero attached hydrogens (tertiary/aromatic N) is 3. The molecule has 108 valence electrons. The predicted octanol–water partition coefficient (Wildman–Crippen LogP) is 3.47. The van der Waals surface area contributed by atoms with Crippen molar-refractivity contribution in [3.05, 3.63) is 34.5 Å². The zero-order chi connectivity index (χ0) is 15.0. The lowest BCUT2D eigenvalue weighted by Crippen LogP contribution is -2.06. The predicted molar refractivity (Wildman–Crippen MR) is 77.5 cm³/mol. The van der Waals surface area contributed by atoms with Crippen LogP contribution in [0, 0.1) is 0 Å². The van der Waals surface area contributed by atoms with Crippen molar-refractivity contribution >= 4 is 40.2 Å². The number of aryl methyl sites for hydroxylation is 1. The standard InChI is InChI=1S/C13H9Cl2N3O3/c14-7-5-10-11(6-8(7)15)18(3-1-12(19)20)13(16-10)9-2-4-21-17-9/h2,4-6H,1,3H2,(H,19,20). The van der Waals surface area contributed by atoms with Crippen LogP contribution in [-0.2, 0) is 11.3 Å². The Hall–Kier alpha value is -2.05. The molecular formula is C13H9Cl2N3O3. The van der Waals surface area contributed by atoms with E-state index in [9.17, 15) is 4.79 Å². The largest absolute Gasteiger partial charge is 0.481 e. The second kappa shape index (κ2) is 5.38. The van der Waals surface area contributed by atoms with Crippen LogP contribution in [0.25, 0.3) is 22.6 Å². The van der Waals surface area contributed by atoms with Crippen LogP contribution >= 0.6 is 23.2 Å². The summed E-state index contributed by atoms with van der Waals surface area (Å²) in [6, 6.07) is 4.96. The monoisotopic (exact) mass is 325 g/mol. The maximum Gasteiger partial charge on any atom is 0.305 e. The van der Waals surface area contributed by atoms with E-state index in [0.29, 0.717) is 32.6 Å². The molecule has 1 aromatic carbocycles. The van der Waals surface area contributed by atoms with Crippen LogP contribution in [0.15, 0.2) is 29.0 Å². The molecule has 0 saturated carbocycles. The van der Waals surface area contributed by atoms with Crippen molar-refractivity contribution in [3.63, 3.8) is 0 Å². The van der Waals surface area contributed by atoms with E-state index >= 15 is 0 Å². The van der Waals surface area contributed by atoms with Crippen LogP contribution in [0.5, 0.6) is 0 Å². The Kier molecular flexibility index (Phi) is 3.57. The van der Waals surface area contributed by atoms with Crippen LogP contribution in [0.3, 0.4) is 0 Å². The number of carboxylic acid groups (broad SMARTS) is 1. The Bertz CT molecular complexity index is 812. The van der Waals surface area contributed by atoms with Crippen LogP contribution in [0.1, 0.15) is 6.42 Å². The fourth-order valence-electron chi connectivity index (χ4n) is 2.08. The molecule has 8 heteroatoms. The number of aromatic nitrogens is 3. The van der Waals surface area contributed by atoms with Gasteiger partial charge < -0.3 is 14.2 Å². The summed E-state index contributed by atoms with van der Waals surface area (Å²) in [5.74, 6) is -0.388. The third-order valence-corrected chi connectivity index (χ3v) is 3.73. The molecule has 2 heterocycles. The molecule has 1 N–H and O–H groups in total. The summed E-state index contributed by atoms with van der Waals surface area (Å²) in [5, 5.41) is 13.5. The number of hydrogen-bond donors (Lipinski definition) is 1. The quantitative estimate of drug-likeness (QED) is 0.794. The summed E-state index contributed by atoms with van der Waals surface area (Å²) in [7, 11) is 0. The zero-order valence-corrected chi connectivity index (χ0v) is 12.1. The molecule has 0 fully saturated rings. The fourth-order valence-corrected chi connectivity index (χ4v) is 2.39. The third kappa shape index (κ3) is 2.59. The minimum absolute atomic E-state index is 0.0451. The molecule has 0 aliphatic rings. The van der Waals surface area contributed by atoms with E-state index in [1.807, 2.05) is 0 Å². The molecule has 0 bridgehead atoms. The van der Waals surface area contributed by atoms with E-state index in [0.717, 1.165) is 0 Å². The molecule has 0 unspecified atom stereocenters. The molecule has 0 aliphatic heterocycles. The minimum Gasteiger partial charge on any atom is -0.481 e. The van der Waals surface area contributed by atoms with E-state index < -0.39 is 5.97 Å². The zero-order valence-electron chi connectivity index (χ0n) is 10.6. The van der Waals surface area contributed by atoms with Crippen molar-refractivity contribution in [2.45, 2.75) is 13.0 Å². The third-order valence-electron chi connectivity index (χ3n) is 3.01. The van der Waals surface area contributed by atoms with Gasteiger partial charge in [-0.15, -0.1) is 0 Å². The second-order valence-electron chi connectivity index (χ2n) is 4.37. The van der Waals surface area contributed by atoms with Crippen molar-refractivity contribution < 1.29 is 14.4 Å². The van der Waals surface area contributed by atoms with E-state index in [-0.39, 0.29) is 13.0 Å². The van der Waals surface area contributed by atoms with Gasteiger partial charge in [-0.1, -0.05) is 28.4 Å². The molecule has 0 aliphatic carbocycles. The van der Waals surface area contributed by atoms with Gasteiger partial charge in [0.1, 0.15) is 12.0 Å². The van der Waals surface area contributed by atoms with Crippen molar-refractivity contribution in [1.82, 2.24) is 14.7 Å². The molecular weight excluding hydrogens is 317 g/mol. The number of rotatable bonds is 4. The van der Waals surface area contributed by atoms with Crippen LogP contribution in [0.2, 0.25) is 10.0 Å². The van der Waals surface area contributed by atoms with Crippen LogP contribution in [0.4, 0.5) is 0 Å². The van der Waals surface area contributed by atoms with Gasteiger partial charge in [0.25, 0.3) is 0 Å². The highest BCUT2D eigenvalue weighted by molar-refractivity contribution is 6.42. The first-order valence-electron chi connectivity index (χ1n) is 6.04. The van der Waals surface area contributed by atoms with Crippen LogP contribution < -0.4 is 0 Å². The molecule has 21 heavy (non-hydrogen) atoms. The average Bonchev–Trinajstić information content (AvgIpc) is 3.04. The molecule has 2 aromatic heterocycles. The molecule has 0 atom stereocenters. The van der Waals surface area contributed by atoms with Gasteiger partial charge in [0.15, 0.2) is 5.82 Å². The van der Waals surface area contributed by atoms with Gasteiger partial charge in [0, 0.05) is 12.6 Å². The fraction of sp³-hybridized carbons (Fsp3) is 0.154. The maximum absolute atomic E-state index is 10.8. The lowest BCUT2D eigenvalue weighted by molar-refractivity contribution is -0.137. The highest BCUT2D eigenvalue weighted by Crippen LogP contribution is 2.31. The van der Waals surface area contributed by atoms with Crippen molar-refractivity contribution in [2.75, 3.05) is 0 Å². The Labute approximate surface area is 128 Å². The summed E-state index contributed by atoms with van der Waals surface area (Å²) in [4.78, 5) is 15.3. The summed E-state index contributed by atoms with van der Waals surface area (Å²) >= 11 is 12.0. The Morgan fingerprint density at radius 3 is 2.76 bits per heavy atom. The van der Waals surface area contributed by atoms with Crippen molar-refractivity contribution in [3.8, 4) is 11.5 Å². The number of carboxylic acids is 1. The first-order valence-corrected chi connectivity index (χ1v) is 6.79. The van der Waals surface area contributed by atoms with Crippen molar-refractivity contribution in [2.24, 2.45) is 0 Å². The summed E-state index contributed by atoms with van der Waals surface area (Å²) in [6.07, 6.45) is 1.38. The Balaban J connectivity index is 2.20. The first kappa shape index (κ1) is 13.9. The molecule has 0 spiro atoms. The number of hydrogen-bond acceptors (Lipinski definition) is 4. The highest BCUT2D eigenvalue weighted by Gasteiger charge is 2.17. The number of benzene rings is 1. The normalized spacial score (nSPS) is 11.1. The lowest BCUT2D eigenvalue weighted by Gasteiger charge is -2.06. The maximum atomic E-state index is 10.8. The van der Waals surface area contributed by atoms with Gasteiger partial charge in [0.05, 0.1) is 27.5 Å². The van der Waals surface area contributed by atoms with Gasteiger partial charge in [-0.25, -0.2) is 4.98 Å². The summed E-state index contributed by atoms with van der Waals surface area (Å²) < 4.78 is 6.56. The topological polar surface area (TPSA) is 81.1 Å².